The predicted molar refractivity (Wildman–Crippen MR) is 34.7 cm³/mol. The third-order valence-electron chi connectivity index (χ3n) is 1.70. The smallest absolute Gasteiger partial charge is 0.181 e. The minimum absolute atomic E-state index is 0.212. The summed E-state index contributed by atoms with van der Waals surface area (Å²) in [6.07, 6.45) is 3.72. The third kappa shape index (κ3) is 0.518. The van der Waals surface area contributed by atoms with E-state index in [4.69, 9.17) is 5.11 Å². The van der Waals surface area contributed by atoms with E-state index in [0.717, 1.165) is 11.9 Å². The zero-order valence-corrected chi connectivity index (χ0v) is 5.19. The van der Waals surface area contributed by atoms with Crippen molar-refractivity contribution in [2.45, 2.75) is 6.42 Å². The van der Waals surface area contributed by atoms with E-state index in [1.165, 1.54) is 0 Å². The Balaban J connectivity index is 2.47. The highest BCUT2D eigenvalue weighted by Gasteiger charge is 2.23. The van der Waals surface area contributed by atoms with Crippen molar-refractivity contribution in [3.8, 4) is 0 Å². The molecule has 2 nitrogen and oxygen atoms in total. The molecule has 0 fully saturated rings. The van der Waals surface area contributed by atoms with E-state index in [9.17, 15) is 4.39 Å². The molecule has 2 N–H and O–H groups in total. The fourth-order valence-electron chi connectivity index (χ4n) is 1.03. The topological polar surface area (TPSA) is 32.3 Å². The maximum Gasteiger partial charge on any atom is 0.181 e. The average Bonchev–Trinajstić information content (AvgIpc) is 1.82. The van der Waals surface area contributed by atoms with Crippen LogP contribution in [0.1, 0.15) is 6.42 Å². The Hall–Kier alpha value is -1.25. The molecule has 0 aromatic rings. The zero-order chi connectivity index (χ0) is 7.14. The highest BCUT2D eigenvalue weighted by molar-refractivity contribution is 5.50. The Bertz CT molecular complexity index is 275. The van der Waals surface area contributed by atoms with Gasteiger partial charge in [-0.1, -0.05) is 6.08 Å². The van der Waals surface area contributed by atoms with Crippen LogP contribution in [-0.4, -0.2) is 5.11 Å². The van der Waals surface area contributed by atoms with Crippen molar-refractivity contribution in [3.05, 3.63) is 35.1 Å². The van der Waals surface area contributed by atoms with Crippen LogP contribution in [0.2, 0.25) is 0 Å². The summed E-state index contributed by atoms with van der Waals surface area (Å²) >= 11 is 0. The van der Waals surface area contributed by atoms with Crippen molar-refractivity contribution in [1.29, 1.82) is 0 Å². The van der Waals surface area contributed by atoms with Gasteiger partial charge in [0.2, 0.25) is 0 Å². The number of aliphatic hydroxyl groups excluding tert-OH is 1. The second kappa shape index (κ2) is 1.62. The maximum absolute atomic E-state index is 12.5. The van der Waals surface area contributed by atoms with Gasteiger partial charge in [-0.05, 0) is 6.42 Å². The van der Waals surface area contributed by atoms with Crippen molar-refractivity contribution in [2.75, 3.05) is 0 Å². The fourth-order valence-corrected chi connectivity index (χ4v) is 1.03. The first-order valence-corrected chi connectivity index (χ1v) is 3.04. The molecule has 2 rings (SSSR count). The molecule has 0 atom stereocenters. The number of fused-ring (bicyclic) bond motifs is 1. The van der Waals surface area contributed by atoms with Crippen molar-refractivity contribution in [3.63, 3.8) is 0 Å². The first-order chi connectivity index (χ1) is 4.79. The monoisotopic (exact) mass is 139 g/mol. The standard InChI is InChI=1S/C7H6FNO/c8-5-3-9-6-2-1-4(6)7(5)10/h2-3,9-10H,1H2. The summed E-state index contributed by atoms with van der Waals surface area (Å²) in [5.74, 6) is -0.789. The molecule has 0 radical (unpaired) electrons. The Morgan fingerprint density at radius 3 is 2.90 bits per heavy atom. The van der Waals surface area contributed by atoms with E-state index in [2.05, 4.69) is 5.32 Å². The first-order valence-electron chi connectivity index (χ1n) is 3.04. The van der Waals surface area contributed by atoms with Crippen LogP contribution in [0.3, 0.4) is 0 Å². The number of hydrogen-bond donors (Lipinski definition) is 2. The van der Waals surface area contributed by atoms with Crippen LogP contribution in [0.25, 0.3) is 0 Å². The molecule has 10 heavy (non-hydrogen) atoms. The molecule has 0 spiro atoms. The van der Waals surface area contributed by atoms with Gasteiger partial charge >= 0.3 is 0 Å². The summed E-state index contributed by atoms with van der Waals surface area (Å²) in [6.45, 7) is 0. The Labute approximate surface area is 57.4 Å². The number of nitrogens with one attached hydrogen (secondary N) is 1. The number of halogens is 1. The molecule has 3 heteroatoms. The first kappa shape index (κ1) is 5.53. The van der Waals surface area contributed by atoms with Crippen molar-refractivity contribution in [1.82, 2.24) is 5.32 Å². The molecule has 0 amide bonds. The predicted octanol–water partition coefficient (Wildman–Crippen LogP) is 1.50. The summed E-state index contributed by atoms with van der Waals surface area (Å²) in [6, 6.07) is 0. The number of dihydropyridines is 1. The van der Waals surface area contributed by atoms with E-state index in [1.54, 1.807) is 0 Å². The molecule has 0 bridgehead atoms. The van der Waals surface area contributed by atoms with Crippen molar-refractivity contribution in [2.24, 2.45) is 0 Å². The zero-order valence-electron chi connectivity index (χ0n) is 5.19. The lowest BCUT2D eigenvalue weighted by Crippen LogP contribution is -2.20. The molecule has 1 heterocycles. The van der Waals surface area contributed by atoms with Gasteiger partial charge in [-0.15, -0.1) is 0 Å². The summed E-state index contributed by atoms with van der Waals surface area (Å²) in [5, 5.41) is 11.7. The summed E-state index contributed by atoms with van der Waals surface area (Å²) in [5.41, 5.74) is 1.51. The van der Waals surface area contributed by atoms with Crippen LogP contribution in [-0.2, 0) is 0 Å². The van der Waals surface area contributed by atoms with E-state index >= 15 is 0 Å². The number of rotatable bonds is 0. The van der Waals surface area contributed by atoms with Crippen molar-refractivity contribution >= 4 is 0 Å². The maximum atomic E-state index is 12.5. The van der Waals surface area contributed by atoms with Crippen LogP contribution in [0, 0.1) is 0 Å². The lowest BCUT2D eigenvalue weighted by molar-refractivity contribution is 0.374. The highest BCUT2D eigenvalue weighted by Crippen LogP contribution is 2.32. The van der Waals surface area contributed by atoms with Gasteiger partial charge < -0.3 is 10.4 Å². The van der Waals surface area contributed by atoms with Crippen LogP contribution in [0.5, 0.6) is 0 Å². The Kier molecular flexibility index (Phi) is 0.897. The van der Waals surface area contributed by atoms with Gasteiger partial charge in [-0.3, -0.25) is 0 Å². The van der Waals surface area contributed by atoms with E-state index in [-0.39, 0.29) is 5.76 Å². The van der Waals surface area contributed by atoms with Gasteiger partial charge in [0.15, 0.2) is 11.6 Å². The molecule has 1 aliphatic carbocycles. The summed E-state index contributed by atoms with van der Waals surface area (Å²) < 4.78 is 12.5. The van der Waals surface area contributed by atoms with Gasteiger partial charge in [0.25, 0.3) is 0 Å². The largest absolute Gasteiger partial charge is 0.505 e. The van der Waals surface area contributed by atoms with Gasteiger partial charge in [0, 0.05) is 17.5 Å². The minimum atomic E-state index is -0.577. The van der Waals surface area contributed by atoms with Crippen LogP contribution in [0.15, 0.2) is 35.1 Å². The molecule has 0 aromatic heterocycles. The average molecular weight is 139 g/mol. The third-order valence-corrected chi connectivity index (χ3v) is 1.70. The molecule has 2 aliphatic rings. The molecular formula is C7H6FNO. The Morgan fingerprint density at radius 1 is 1.60 bits per heavy atom. The molecule has 0 saturated carbocycles. The highest BCUT2D eigenvalue weighted by atomic mass is 19.1. The minimum Gasteiger partial charge on any atom is -0.505 e. The van der Waals surface area contributed by atoms with Crippen LogP contribution in [0.4, 0.5) is 4.39 Å². The second-order valence-corrected chi connectivity index (χ2v) is 2.29. The lowest BCUT2D eigenvalue weighted by Gasteiger charge is -2.23. The van der Waals surface area contributed by atoms with Gasteiger partial charge in [0.1, 0.15) is 0 Å². The molecule has 0 saturated heterocycles. The number of allylic oxidation sites excluding steroid dienone is 3. The van der Waals surface area contributed by atoms with Gasteiger partial charge in [0.05, 0.1) is 0 Å². The summed E-state index contributed by atoms with van der Waals surface area (Å²) in [7, 11) is 0. The van der Waals surface area contributed by atoms with Gasteiger partial charge in [-0.25, -0.2) is 4.39 Å². The molecule has 0 aromatic carbocycles. The summed E-state index contributed by atoms with van der Waals surface area (Å²) in [4.78, 5) is 0. The van der Waals surface area contributed by atoms with E-state index < -0.39 is 5.83 Å². The number of hydrogen-bond acceptors (Lipinski definition) is 2. The molecule has 52 valence electrons. The van der Waals surface area contributed by atoms with Gasteiger partial charge in [-0.2, -0.15) is 0 Å². The SMILES string of the molecule is OC1=C2CC=C2NC=C1F. The second-order valence-electron chi connectivity index (χ2n) is 2.29. The van der Waals surface area contributed by atoms with E-state index in [1.807, 2.05) is 6.08 Å². The number of aliphatic hydroxyl groups is 1. The van der Waals surface area contributed by atoms with Crippen molar-refractivity contribution < 1.29 is 9.50 Å². The van der Waals surface area contributed by atoms with Crippen LogP contribution < -0.4 is 5.32 Å². The normalized spacial score (nSPS) is 22.1. The lowest BCUT2D eigenvalue weighted by atomic mass is 9.94. The molecular weight excluding hydrogens is 133 g/mol. The van der Waals surface area contributed by atoms with E-state index in [0.29, 0.717) is 12.0 Å². The Morgan fingerprint density at radius 2 is 2.40 bits per heavy atom. The molecule has 0 unspecified atom stereocenters. The molecule has 1 aliphatic heterocycles. The fraction of sp³-hybridized carbons (Fsp3) is 0.143. The van der Waals surface area contributed by atoms with Crippen LogP contribution >= 0.6 is 0 Å². The quantitative estimate of drug-likeness (QED) is 0.533.